The van der Waals surface area contributed by atoms with Crippen molar-refractivity contribution < 1.29 is 9.90 Å². The molecule has 0 aliphatic rings. The first-order valence-electron chi connectivity index (χ1n) is 6.31. The summed E-state index contributed by atoms with van der Waals surface area (Å²) in [4.78, 5) is 11.1. The van der Waals surface area contributed by atoms with Crippen LogP contribution in [-0.4, -0.2) is 11.1 Å². The molecule has 2 aromatic rings. The van der Waals surface area contributed by atoms with Crippen LogP contribution in [0.5, 0.6) is 0 Å². The van der Waals surface area contributed by atoms with Gasteiger partial charge in [-0.15, -0.1) is 0 Å². The van der Waals surface area contributed by atoms with E-state index in [1.165, 1.54) is 5.56 Å². The van der Waals surface area contributed by atoms with Gasteiger partial charge in [0.25, 0.3) is 0 Å². The number of carbonyl (C=O) groups is 1. The molecule has 4 heteroatoms. The largest absolute Gasteiger partial charge is 0.478 e. The normalized spacial score (nSPS) is 10.3. The predicted molar refractivity (Wildman–Crippen MR) is 84.3 cm³/mol. The molecule has 0 aliphatic carbocycles. The summed E-state index contributed by atoms with van der Waals surface area (Å²) in [7, 11) is 0. The fourth-order valence-electron chi connectivity index (χ4n) is 2.05. The second-order valence-corrected chi connectivity index (χ2v) is 5.59. The van der Waals surface area contributed by atoms with Crippen LogP contribution in [0.1, 0.15) is 27.0 Å². The highest BCUT2D eigenvalue weighted by Crippen LogP contribution is 2.22. The van der Waals surface area contributed by atoms with Crippen molar-refractivity contribution in [2.75, 3.05) is 5.32 Å². The van der Waals surface area contributed by atoms with Crippen molar-refractivity contribution in [2.45, 2.75) is 20.4 Å². The molecule has 104 valence electrons. The molecule has 2 aromatic carbocycles. The summed E-state index contributed by atoms with van der Waals surface area (Å²) in [6.07, 6.45) is 0. The molecule has 0 atom stereocenters. The molecule has 0 heterocycles. The van der Waals surface area contributed by atoms with Gasteiger partial charge in [-0.3, -0.25) is 0 Å². The molecule has 0 fully saturated rings. The number of halogens is 1. The van der Waals surface area contributed by atoms with Crippen LogP contribution in [0, 0.1) is 13.8 Å². The molecular formula is C16H16BrNO2. The molecule has 0 aliphatic heterocycles. The molecule has 0 bridgehead atoms. The summed E-state index contributed by atoms with van der Waals surface area (Å²) in [5.41, 5.74) is 4.26. The zero-order valence-corrected chi connectivity index (χ0v) is 13.0. The van der Waals surface area contributed by atoms with E-state index in [4.69, 9.17) is 5.11 Å². The van der Waals surface area contributed by atoms with E-state index in [-0.39, 0.29) is 0 Å². The van der Waals surface area contributed by atoms with E-state index in [1.807, 2.05) is 19.9 Å². The Kier molecular flexibility index (Phi) is 4.45. The molecule has 2 N–H and O–H groups in total. The summed E-state index contributed by atoms with van der Waals surface area (Å²) in [5, 5.41) is 12.4. The maximum atomic E-state index is 11.1. The molecule has 0 amide bonds. The predicted octanol–water partition coefficient (Wildman–Crippen LogP) is 4.38. The van der Waals surface area contributed by atoms with Crippen LogP contribution in [0.25, 0.3) is 0 Å². The molecule has 0 aromatic heterocycles. The fourth-order valence-corrected chi connectivity index (χ4v) is 2.68. The lowest BCUT2D eigenvalue weighted by molar-refractivity contribution is 0.0696. The minimum absolute atomic E-state index is 0.331. The van der Waals surface area contributed by atoms with Crippen LogP contribution in [0.3, 0.4) is 0 Å². The Morgan fingerprint density at radius 2 is 2.00 bits per heavy atom. The lowest BCUT2D eigenvalue weighted by Crippen LogP contribution is -2.06. The number of hydrogen-bond acceptors (Lipinski definition) is 2. The van der Waals surface area contributed by atoms with Crippen molar-refractivity contribution in [1.82, 2.24) is 0 Å². The Balaban J connectivity index is 2.19. The quantitative estimate of drug-likeness (QED) is 0.873. The van der Waals surface area contributed by atoms with Crippen molar-refractivity contribution in [1.29, 1.82) is 0 Å². The van der Waals surface area contributed by atoms with Crippen LogP contribution in [-0.2, 0) is 6.54 Å². The lowest BCUT2D eigenvalue weighted by atomic mass is 10.1. The van der Waals surface area contributed by atoms with Crippen molar-refractivity contribution >= 4 is 27.6 Å². The highest BCUT2D eigenvalue weighted by Gasteiger charge is 2.10. The number of carboxylic acid groups (broad SMARTS) is 1. The Morgan fingerprint density at radius 1 is 1.25 bits per heavy atom. The number of benzene rings is 2. The lowest BCUT2D eigenvalue weighted by Gasteiger charge is -2.12. The average molecular weight is 334 g/mol. The third-order valence-corrected chi connectivity index (χ3v) is 3.98. The summed E-state index contributed by atoms with van der Waals surface area (Å²) in [5.74, 6) is -0.900. The number of carboxylic acids is 1. The van der Waals surface area contributed by atoms with Crippen molar-refractivity contribution in [3.05, 3.63) is 63.1 Å². The smallest absolute Gasteiger partial charge is 0.336 e. The number of aromatic carboxylic acids is 1. The molecule has 20 heavy (non-hydrogen) atoms. The van der Waals surface area contributed by atoms with E-state index < -0.39 is 5.97 Å². The van der Waals surface area contributed by atoms with Gasteiger partial charge in [-0.05, 0) is 48.7 Å². The zero-order valence-electron chi connectivity index (χ0n) is 11.4. The zero-order chi connectivity index (χ0) is 14.7. The monoisotopic (exact) mass is 333 g/mol. The SMILES string of the molecule is Cc1ccc(CNc2cccc(C(=O)O)c2C)c(Br)c1. The maximum absolute atomic E-state index is 11.1. The molecular weight excluding hydrogens is 318 g/mol. The molecule has 0 radical (unpaired) electrons. The minimum Gasteiger partial charge on any atom is -0.478 e. The van der Waals surface area contributed by atoms with Gasteiger partial charge in [-0.2, -0.15) is 0 Å². The van der Waals surface area contributed by atoms with Gasteiger partial charge in [0, 0.05) is 16.7 Å². The van der Waals surface area contributed by atoms with Gasteiger partial charge in [-0.1, -0.05) is 34.1 Å². The Bertz CT molecular complexity index is 653. The Hall–Kier alpha value is -1.81. The highest BCUT2D eigenvalue weighted by molar-refractivity contribution is 9.10. The minimum atomic E-state index is -0.900. The second-order valence-electron chi connectivity index (χ2n) is 4.73. The van der Waals surface area contributed by atoms with E-state index in [0.717, 1.165) is 21.3 Å². The summed E-state index contributed by atoms with van der Waals surface area (Å²) in [6.45, 7) is 4.50. The number of anilines is 1. The first kappa shape index (κ1) is 14.6. The molecule has 3 nitrogen and oxygen atoms in total. The van der Waals surface area contributed by atoms with Crippen LogP contribution in [0.15, 0.2) is 40.9 Å². The number of rotatable bonds is 4. The van der Waals surface area contributed by atoms with Crippen molar-refractivity contribution in [3.8, 4) is 0 Å². The van der Waals surface area contributed by atoms with Gasteiger partial charge in [-0.25, -0.2) is 4.79 Å². The van der Waals surface area contributed by atoms with Crippen LogP contribution in [0.2, 0.25) is 0 Å². The van der Waals surface area contributed by atoms with E-state index in [0.29, 0.717) is 12.1 Å². The first-order valence-corrected chi connectivity index (χ1v) is 7.10. The molecule has 0 spiro atoms. The van der Waals surface area contributed by atoms with E-state index in [9.17, 15) is 4.79 Å². The average Bonchev–Trinajstić information content (AvgIpc) is 2.39. The standard InChI is InChI=1S/C16H16BrNO2/c1-10-6-7-12(14(17)8-10)9-18-15-5-3-4-13(11(15)2)16(19)20/h3-8,18H,9H2,1-2H3,(H,19,20). The number of nitrogens with one attached hydrogen (secondary N) is 1. The third-order valence-electron chi connectivity index (χ3n) is 3.24. The maximum Gasteiger partial charge on any atom is 0.336 e. The second kappa shape index (κ2) is 6.09. The Morgan fingerprint density at radius 3 is 2.65 bits per heavy atom. The first-order chi connectivity index (χ1) is 9.49. The molecule has 0 saturated heterocycles. The van der Waals surface area contributed by atoms with Crippen LogP contribution >= 0.6 is 15.9 Å². The Labute approximate surface area is 126 Å². The fraction of sp³-hybridized carbons (Fsp3) is 0.188. The third kappa shape index (κ3) is 3.20. The van der Waals surface area contributed by atoms with E-state index in [2.05, 4.69) is 39.4 Å². The molecule has 0 unspecified atom stereocenters. The molecule has 2 rings (SSSR count). The van der Waals surface area contributed by atoms with Crippen molar-refractivity contribution in [2.24, 2.45) is 0 Å². The van der Waals surface area contributed by atoms with Gasteiger partial charge in [0.2, 0.25) is 0 Å². The summed E-state index contributed by atoms with van der Waals surface area (Å²) >= 11 is 3.54. The highest BCUT2D eigenvalue weighted by atomic mass is 79.9. The van der Waals surface area contributed by atoms with Gasteiger partial charge in [0.05, 0.1) is 5.56 Å². The number of hydrogen-bond donors (Lipinski definition) is 2. The summed E-state index contributed by atoms with van der Waals surface area (Å²) in [6, 6.07) is 11.4. The molecule has 0 saturated carbocycles. The topological polar surface area (TPSA) is 49.3 Å². The van der Waals surface area contributed by atoms with Gasteiger partial charge < -0.3 is 10.4 Å². The van der Waals surface area contributed by atoms with Crippen LogP contribution < -0.4 is 5.32 Å². The van der Waals surface area contributed by atoms with Crippen molar-refractivity contribution in [3.63, 3.8) is 0 Å². The van der Waals surface area contributed by atoms with E-state index >= 15 is 0 Å². The van der Waals surface area contributed by atoms with Crippen LogP contribution in [0.4, 0.5) is 5.69 Å². The van der Waals surface area contributed by atoms with E-state index in [1.54, 1.807) is 12.1 Å². The van der Waals surface area contributed by atoms with Gasteiger partial charge >= 0.3 is 5.97 Å². The van der Waals surface area contributed by atoms with Gasteiger partial charge in [0.15, 0.2) is 0 Å². The van der Waals surface area contributed by atoms with Gasteiger partial charge in [0.1, 0.15) is 0 Å². The number of aryl methyl sites for hydroxylation is 1. The summed E-state index contributed by atoms with van der Waals surface area (Å²) < 4.78 is 1.05.